The van der Waals surface area contributed by atoms with Crippen LogP contribution in [0.2, 0.25) is 0 Å². The first-order valence-electron chi connectivity index (χ1n) is 18.5. The molecule has 3 heterocycles. The Morgan fingerprint density at radius 2 is 0.836 bits per heavy atom. The minimum absolute atomic E-state index is 0.335. The number of anilines is 1. The third kappa shape index (κ3) is 4.53. The van der Waals surface area contributed by atoms with E-state index in [1.807, 2.05) is 78.9 Å². The van der Waals surface area contributed by atoms with Crippen LogP contribution in [0.5, 0.6) is 0 Å². The van der Waals surface area contributed by atoms with Crippen molar-refractivity contribution in [3.8, 4) is 33.6 Å². The zero-order valence-corrected chi connectivity index (χ0v) is 29.6. The zero-order chi connectivity index (χ0) is 36.6. The van der Waals surface area contributed by atoms with Crippen LogP contribution >= 0.6 is 0 Å². The van der Waals surface area contributed by atoms with Gasteiger partial charge in [-0.05, 0) is 71.3 Å². The van der Waals surface area contributed by atoms with Gasteiger partial charge in [0.15, 0.2) is 0 Å². The molecule has 5 nitrogen and oxygen atoms in total. The minimum Gasteiger partial charge on any atom is -0.309 e. The summed E-state index contributed by atoms with van der Waals surface area (Å²) in [5.74, 6) is -0.676. The lowest BCUT2D eigenvalue weighted by Crippen LogP contribution is -2.30. The number of fused-ring (bicyclic) bond motifs is 7. The first-order chi connectivity index (χ1) is 27.2. The summed E-state index contributed by atoms with van der Waals surface area (Å²) in [6.45, 7) is 0. The van der Waals surface area contributed by atoms with Crippen molar-refractivity contribution in [3.05, 3.63) is 199 Å². The maximum Gasteiger partial charge on any atom is 0.268 e. The Morgan fingerprint density at radius 3 is 1.49 bits per heavy atom. The highest BCUT2D eigenvalue weighted by Crippen LogP contribution is 2.44. The Hall–Kier alpha value is -7.50. The summed E-state index contributed by atoms with van der Waals surface area (Å²) in [6.07, 6.45) is 0. The van der Waals surface area contributed by atoms with Crippen molar-refractivity contribution in [1.29, 1.82) is 0 Å². The Balaban J connectivity index is 1.11. The number of carbonyl (C=O) groups is 2. The number of amides is 2. The number of nitrogens with zero attached hydrogens (tertiary/aromatic N) is 3. The van der Waals surface area contributed by atoms with Gasteiger partial charge in [-0.25, -0.2) is 4.90 Å². The van der Waals surface area contributed by atoms with E-state index < -0.39 is 0 Å². The second kappa shape index (κ2) is 12.0. The third-order valence-corrected chi connectivity index (χ3v) is 11.1. The summed E-state index contributed by atoms with van der Waals surface area (Å²) in [7, 11) is 0. The van der Waals surface area contributed by atoms with Gasteiger partial charge < -0.3 is 9.13 Å². The van der Waals surface area contributed by atoms with Crippen LogP contribution < -0.4 is 4.90 Å². The van der Waals surface area contributed by atoms with E-state index in [4.69, 9.17) is 0 Å². The van der Waals surface area contributed by atoms with Crippen molar-refractivity contribution in [2.75, 3.05) is 4.90 Å². The highest BCUT2D eigenvalue weighted by atomic mass is 16.2. The molecule has 0 saturated heterocycles. The van der Waals surface area contributed by atoms with Crippen LogP contribution in [0.15, 0.2) is 188 Å². The summed E-state index contributed by atoms with van der Waals surface area (Å²) >= 11 is 0. The van der Waals surface area contributed by atoms with E-state index in [9.17, 15) is 9.59 Å². The molecule has 1 aliphatic heterocycles. The number of rotatable bonds is 5. The van der Waals surface area contributed by atoms with Crippen LogP contribution in [-0.2, 0) is 0 Å². The number of benzene rings is 8. The Morgan fingerprint density at radius 1 is 0.327 bits per heavy atom. The number of hydrogen-bond acceptors (Lipinski definition) is 2. The van der Waals surface area contributed by atoms with Crippen molar-refractivity contribution in [3.63, 3.8) is 0 Å². The zero-order valence-electron chi connectivity index (χ0n) is 29.6. The fourth-order valence-electron chi connectivity index (χ4n) is 8.73. The molecule has 0 spiro atoms. The van der Waals surface area contributed by atoms with Gasteiger partial charge in [0.05, 0.1) is 44.6 Å². The molecule has 2 aromatic heterocycles. The van der Waals surface area contributed by atoms with Crippen LogP contribution in [-0.4, -0.2) is 20.9 Å². The standard InChI is InChI=1S/C50H31N3O2/c54-49-39-23-14-28-46(48(39)50(55)53(49)45-27-13-22-35(32-15-3-1-4-16-32)47(45)33-17-5-2-6-18-33)52-43-26-12-9-21-38(43)40-31-34(29-30-44(40)52)51-41-24-10-7-19-36(41)37-20-8-11-25-42(37)51/h1-31H. The van der Waals surface area contributed by atoms with E-state index in [1.54, 1.807) is 6.07 Å². The molecule has 8 aromatic carbocycles. The maximum atomic E-state index is 15.0. The molecule has 1 aliphatic rings. The molecule has 2 amide bonds. The van der Waals surface area contributed by atoms with Gasteiger partial charge in [0.1, 0.15) is 0 Å². The lowest BCUT2D eigenvalue weighted by molar-refractivity contribution is 0.0926. The van der Waals surface area contributed by atoms with Gasteiger partial charge in [-0.3, -0.25) is 9.59 Å². The average molecular weight is 706 g/mol. The summed E-state index contributed by atoms with van der Waals surface area (Å²) in [5.41, 5.74) is 11.0. The van der Waals surface area contributed by atoms with Gasteiger partial charge in [0.25, 0.3) is 11.8 Å². The predicted molar refractivity (Wildman–Crippen MR) is 224 cm³/mol. The molecule has 0 fully saturated rings. The Bertz CT molecular complexity index is 3140. The van der Waals surface area contributed by atoms with Crippen molar-refractivity contribution < 1.29 is 9.59 Å². The Kier molecular flexibility index (Phi) is 6.79. The molecular formula is C50H31N3O2. The molecule has 0 atom stereocenters. The fraction of sp³-hybridized carbons (Fsp3) is 0. The van der Waals surface area contributed by atoms with Crippen LogP contribution in [0, 0.1) is 0 Å². The van der Waals surface area contributed by atoms with E-state index in [0.717, 1.165) is 60.8 Å². The van der Waals surface area contributed by atoms with E-state index in [-0.39, 0.29) is 11.8 Å². The largest absolute Gasteiger partial charge is 0.309 e. The van der Waals surface area contributed by atoms with Crippen LogP contribution in [0.1, 0.15) is 20.7 Å². The summed E-state index contributed by atoms with van der Waals surface area (Å²) in [5, 5.41) is 4.53. The van der Waals surface area contributed by atoms with Crippen molar-refractivity contribution in [2.24, 2.45) is 0 Å². The van der Waals surface area contributed by atoms with Crippen molar-refractivity contribution in [1.82, 2.24) is 9.13 Å². The van der Waals surface area contributed by atoms with Crippen molar-refractivity contribution in [2.45, 2.75) is 0 Å². The van der Waals surface area contributed by atoms with E-state index in [1.165, 1.54) is 15.7 Å². The van der Waals surface area contributed by atoms with Gasteiger partial charge in [0, 0.05) is 32.8 Å². The number of carbonyl (C=O) groups excluding carboxylic acids is 2. The SMILES string of the molecule is O=C1c2cccc(-n3c4ccccc4c4cc(-n5c6ccccc6c6ccccc65)ccc43)c2C(=O)N1c1cccc(-c2ccccc2)c1-c1ccccc1. The number of para-hydroxylation sites is 3. The van der Waals surface area contributed by atoms with E-state index in [0.29, 0.717) is 22.5 Å². The number of hydrogen-bond donors (Lipinski definition) is 0. The van der Waals surface area contributed by atoms with E-state index in [2.05, 4.69) is 112 Å². The van der Waals surface area contributed by atoms with Gasteiger partial charge in [-0.15, -0.1) is 0 Å². The molecule has 0 radical (unpaired) electrons. The monoisotopic (exact) mass is 705 g/mol. The molecule has 0 aliphatic carbocycles. The third-order valence-electron chi connectivity index (χ3n) is 11.1. The molecule has 5 heteroatoms. The van der Waals surface area contributed by atoms with Gasteiger partial charge in [-0.2, -0.15) is 0 Å². The molecule has 0 N–H and O–H groups in total. The smallest absolute Gasteiger partial charge is 0.268 e. The summed E-state index contributed by atoms with van der Waals surface area (Å²) in [6, 6.07) is 63.4. The molecule has 258 valence electrons. The van der Waals surface area contributed by atoms with Crippen LogP contribution in [0.25, 0.3) is 77.2 Å². The average Bonchev–Trinajstić information content (AvgIpc) is 3.85. The van der Waals surface area contributed by atoms with E-state index >= 15 is 0 Å². The maximum absolute atomic E-state index is 15.0. The summed E-state index contributed by atoms with van der Waals surface area (Å²) < 4.78 is 4.47. The highest BCUT2D eigenvalue weighted by molar-refractivity contribution is 6.37. The normalized spacial score (nSPS) is 12.8. The second-order valence-corrected chi connectivity index (χ2v) is 14.0. The molecule has 55 heavy (non-hydrogen) atoms. The quantitative estimate of drug-likeness (QED) is 0.167. The molecule has 10 aromatic rings. The van der Waals surface area contributed by atoms with Gasteiger partial charge >= 0.3 is 0 Å². The predicted octanol–water partition coefficient (Wildman–Crippen LogP) is 12.0. The van der Waals surface area contributed by atoms with Gasteiger partial charge in [-0.1, -0.05) is 133 Å². The molecule has 0 bridgehead atoms. The highest BCUT2D eigenvalue weighted by Gasteiger charge is 2.40. The van der Waals surface area contributed by atoms with Crippen molar-refractivity contribution >= 4 is 61.1 Å². The fourth-order valence-corrected chi connectivity index (χ4v) is 8.73. The first kappa shape index (κ1) is 31.1. The topological polar surface area (TPSA) is 47.2 Å². The molecule has 0 saturated carbocycles. The van der Waals surface area contributed by atoms with Gasteiger partial charge in [0.2, 0.25) is 0 Å². The molecule has 11 rings (SSSR count). The lowest BCUT2D eigenvalue weighted by atomic mass is 9.92. The second-order valence-electron chi connectivity index (χ2n) is 14.0. The number of aromatic nitrogens is 2. The van der Waals surface area contributed by atoms with Crippen LogP contribution in [0.4, 0.5) is 5.69 Å². The first-order valence-corrected chi connectivity index (χ1v) is 18.5. The summed E-state index contributed by atoms with van der Waals surface area (Å²) in [4.78, 5) is 30.9. The molecule has 0 unspecified atom stereocenters. The molecular weight excluding hydrogens is 675 g/mol. The minimum atomic E-state index is -0.342. The lowest BCUT2D eigenvalue weighted by Gasteiger charge is -2.22. The number of imide groups is 1. The Labute approximate surface area is 316 Å². The van der Waals surface area contributed by atoms with Crippen LogP contribution in [0.3, 0.4) is 0 Å².